The first kappa shape index (κ1) is 12.5. The van der Waals surface area contributed by atoms with Crippen molar-refractivity contribution in [3.63, 3.8) is 0 Å². The van der Waals surface area contributed by atoms with Gasteiger partial charge in [-0.2, -0.15) is 0 Å². The van der Waals surface area contributed by atoms with Crippen LogP contribution in [0.25, 0.3) is 0 Å². The molecule has 2 fully saturated rings. The summed E-state index contributed by atoms with van der Waals surface area (Å²) in [6.45, 7) is 4.90. The van der Waals surface area contributed by atoms with Crippen molar-refractivity contribution in [2.75, 3.05) is 13.2 Å². The van der Waals surface area contributed by atoms with Crippen molar-refractivity contribution in [3.05, 3.63) is 0 Å². The second kappa shape index (κ2) is 6.08. The van der Waals surface area contributed by atoms with Gasteiger partial charge in [-0.25, -0.2) is 9.78 Å². The Kier molecular flexibility index (Phi) is 5.05. The Morgan fingerprint density at radius 2 is 1.60 bits per heavy atom. The van der Waals surface area contributed by atoms with Crippen molar-refractivity contribution < 1.29 is 19.7 Å². The quantitative estimate of drug-likeness (QED) is 0.682. The minimum absolute atomic E-state index is 0.231. The molecule has 2 unspecified atom stereocenters. The van der Waals surface area contributed by atoms with Crippen LogP contribution in [0.4, 0.5) is 0 Å². The van der Waals surface area contributed by atoms with E-state index in [1.54, 1.807) is 13.8 Å². The third kappa shape index (κ3) is 5.14. The number of rotatable bonds is 1. The predicted octanol–water partition coefficient (Wildman–Crippen LogP) is 2.09. The van der Waals surface area contributed by atoms with Crippen LogP contribution in [0.15, 0.2) is 0 Å². The number of aliphatic carboxylic acids is 1. The zero-order chi connectivity index (χ0) is 11.3. The van der Waals surface area contributed by atoms with Crippen molar-refractivity contribution >= 4 is 5.97 Å². The summed E-state index contributed by atoms with van der Waals surface area (Å²) in [6.07, 6.45) is 3.85. The highest BCUT2D eigenvalue weighted by atomic mass is 17.2. The van der Waals surface area contributed by atoms with Gasteiger partial charge in [-0.05, 0) is 31.1 Å². The first-order chi connectivity index (χ1) is 7.11. The maximum absolute atomic E-state index is 9.70. The summed E-state index contributed by atoms with van der Waals surface area (Å²) in [5.41, 5.74) is 0. The minimum Gasteiger partial charge on any atom is -0.481 e. The van der Waals surface area contributed by atoms with Crippen LogP contribution in [0.2, 0.25) is 0 Å². The van der Waals surface area contributed by atoms with Gasteiger partial charge < -0.3 is 5.11 Å². The largest absolute Gasteiger partial charge is 0.481 e. The molecule has 2 rings (SSSR count). The maximum atomic E-state index is 9.70. The van der Waals surface area contributed by atoms with E-state index in [4.69, 9.17) is 14.9 Å². The molecule has 4 heteroatoms. The molecule has 2 atom stereocenters. The Morgan fingerprint density at radius 3 is 1.93 bits per heavy atom. The molecule has 15 heavy (non-hydrogen) atoms. The standard InChI is InChI=1S/C7H12O2.C4H8O2/c1-3-8-9-4-2-7-5-6(1)7;1-3(2)4(5)6/h6-7H,1-5H2;3H,1-2H3,(H,5,6). The van der Waals surface area contributed by atoms with E-state index in [0.717, 1.165) is 25.0 Å². The summed E-state index contributed by atoms with van der Waals surface area (Å²) in [6, 6.07) is 0. The van der Waals surface area contributed by atoms with Crippen LogP contribution < -0.4 is 0 Å². The van der Waals surface area contributed by atoms with E-state index >= 15 is 0 Å². The van der Waals surface area contributed by atoms with Crippen LogP contribution in [0.5, 0.6) is 0 Å². The fraction of sp³-hybridized carbons (Fsp3) is 0.909. The van der Waals surface area contributed by atoms with Crippen LogP contribution in [0, 0.1) is 17.8 Å². The number of fused-ring (bicyclic) bond motifs is 1. The van der Waals surface area contributed by atoms with Crippen LogP contribution in [-0.4, -0.2) is 24.3 Å². The van der Waals surface area contributed by atoms with Crippen molar-refractivity contribution in [1.82, 2.24) is 0 Å². The number of carboxylic acid groups (broad SMARTS) is 1. The molecule has 88 valence electrons. The maximum Gasteiger partial charge on any atom is 0.305 e. The first-order valence-corrected chi connectivity index (χ1v) is 5.58. The Balaban J connectivity index is 0.000000167. The van der Waals surface area contributed by atoms with Gasteiger partial charge in [-0.1, -0.05) is 13.8 Å². The molecule has 1 saturated heterocycles. The van der Waals surface area contributed by atoms with Gasteiger partial charge in [0.05, 0.1) is 19.1 Å². The summed E-state index contributed by atoms with van der Waals surface area (Å²) in [5, 5.41) is 7.99. The predicted molar refractivity (Wildman–Crippen MR) is 55.2 cm³/mol. The molecule has 0 aromatic rings. The normalized spacial score (nSPS) is 29.3. The van der Waals surface area contributed by atoms with Crippen LogP contribution in [0.3, 0.4) is 0 Å². The average Bonchev–Trinajstić information content (AvgIpc) is 2.83. The molecule has 1 aliphatic carbocycles. The Labute approximate surface area is 90.5 Å². The highest BCUT2D eigenvalue weighted by Crippen LogP contribution is 2.44. The number of carbonyl (C=O) groups is 1. The van der Waals surface area contributed by atoms with E-state index < -0.39 is 5.97 Å². The lowest BCUT2D eigenvalue weighted by atomic mass is 10.2. The molecule has 0 amide bonds. The van der Waals surface area contributed by atoms with Crippen molar-refractivity contribution in [1.29, 1.82) is 0 Å². The van der Waals surface area contributed by atoms with E-state index in [1.807, 2.05) is 0 Å². The van der Waals surface area contributed by atoms with Gasteiger partial charge in [0.15, 0.2) is 0 Å². The van der Waals surface area contributed by atoms with Crippen molar-refractivity contribution in [2.45, 2.75) is 33.1 Å². The highest BCUT2D eigenvalue weighted by Gasteiger charge is 2.36. The van der Waals surface area contributed by atoms with E-state index in [1.165, 1.54) is 19.3 Å². The number of hydrogen-bond acceptors (Lipinski definition) is 3. The number of carboxylic acids is 1. The summed E-state index contributed by atoms with van der Waals surface area (Å²) in [4.78, 5) is 19.4. The Hall–Kier alpha value is -0.610. The average molecular weight is 216 g/mol. The minimum atomic E-state index is -0.741. The van der Waals surface area contributed by atoms with Gasteiger partial charge in [0.1, 0.15) is 0 Å². The van der Waals surface area contributed by atoms with E-state index in [9.17, 15) is 4.79 Å². The fourth-order valence-electron chi connectivity index (χ4n) is 1.53. The molecule has 0 spiro atoms. The van der Waals surface area contributed by atoms with E-state index in [-0.39, 0.29) is 5.92 Å². The van der Waals surface area contributed by atoms with Gasteiger partial charge in [-0.15, -0.1) is 0 Å². The second-order valence-corrected chi connectivity index (χ2v) is 4.47. The molecule has 1 saturated carbocycles. The molecule has 0 radical (unpaired) electrons. The molecular formula is C11H20O4. The molecule has 1 aliphatic heterocycles. The fourth-order valence-corrected chi connectivity index (χ4v) is 1.53. The number of hydrogen-bond donors (Lipinski definition) is 1. The molecule has 2 aliphatic rings. The monoisotopic (exact) mass is 216 g/mol. The molecule has 1 N–H and O–H groups in total. The molecule has 0 aromatic carbocycles. The van der Waals surface area contributed by atoms with Crippen molar-refractivity contribution in [2.24, 2.45) is 17.8 Å². The smallest absolute Gasteiger partial charge is 0.305 e. The molecule has 1 heterocycles. The first-order valence-electron chi connectivity index (χ1n) is 5.58. The van der Waals surface area contributed by atoms with Gasteiger partial charge >= 0.3 is 5.97 Å². The third-order valence-corrected chi connectivity index (χ3v) is 2.79. The van der Waals surface area contributed by atoms with Crippen LogP contribution in [0.1, 0.15) is 33.1 Å². The van der Waals surface area contributed by atoms with E-state index in [0.29, 0.717) is 0 Å². The van der Waals surface area contributed by atoms with Gasteiger partial charge in [0, 0.05) is 0 Å². The third-order valence-electron chi connectivity index (χ3n) is 2.79. The van der Waals surface area contributed by atoms with Gasteiger partial charge in [0.25, 0.3) is 0 Å². The highest BCUT2D eigenvalue weighted by molar-refractivity contribution is 5.68. The molecule has 0 bridgehead atoms. The second-order valence-electron chi connectivity index (χ2n) is 4.47. The van der Waals surface area contributed by atoms with Gasteiger partial charge in [-0.3, -0.25) is 4.79 Å². The molecule has 0 aromatic heterocycles. The molecule has 4 nitrogen and oxygen atoms in total. The van der Waals surface area contributed by atoms with E-state index in [2.05, 4.69) is 0 Å². The SMILES string of the molecule is C1CC2CC2CCOO1.CC(C)C(=O)O. The topological polar surface area (TPSA) is 55.8 Å². The summed E-state index contributed by atoms with van der Waals surface area (Å²) < 4.78 is 0. The van der Waals surface area contributed by atoms with Gasteiger partial charge in [0.2, 0.25) is 0 Å². The Morgan fingerprint density at radius 1 is 1.20 bits per heavy atom. The summed E-state index contributed by atoms with van der Waals surface area (Å²) >= 11 is 0. The Bertz CT molecular complexity index is 191. The summed E-state index contributed by atoms with van der Waals surface area (Å²) in [7, 11) is 0. The lowest BCUT2D eigenvalue weighted by molar-refractivity contribution is -0.299. The lowest BCUT2D eigenvalue weighted by Crippen LogP contribution is -2.04. The van der Waals surface area contributed by atoms with Crippen LogP contribution in [-0.2, 0) is 14.6 Å². The molecular weight excluding hydrogens is 196 g/mol. The zero-order valence-electron chi connectivity index (χ0n) is 9.44. The summed E-state index contributed by atoms with van der Waals surface area (Å²) in [5.74, 6) is 0.989. The van der Waals surface area contributed by atoms with Crippen molar-refractivity contribution in [3.8, 4) is 0 Å². The lowest BCUT2D eigenvalue weighted by Gasteiger charge is -2.06. The van der Waals surface area contributed by atoms with Crippen LogP contribution >= 0.6 is 0 Å². The zero-order valence-corrected chi connectivity index (χ0v) is 9.44.